The first kappa shape index (κ1) is 20.0. The fraction of sp³-hybridized carbons (Fsp3) is 0.316. The molecule has 8 nitrogen and oxygen atoms in total. The lowest BCUT2D eigenvalue weighted by Crippen LogP contribution is -2.26. The van der Waals surface area contributed by atoms with Crippen LogP contribution >= 0.6 is 0 Å². The van der Waals surface area contributed by atoms with Gasteiger partial charge in [0.15, 0.2) is 11.5 Å². The Morgan fingerprint density at radius 1 is 1.11 bits per heavy atom. The number of furan rings is 1. The van der Waals surface area contributed by atoms with E-state index >= 15 is 0 Å². The summed E-state index contributed by atoms with van der Waals surface area (Å²) in [5.74, 6) is 1.31. The van der Waals surface area contributed by atoms with Crippen molar-refractivity contribution >= 4 is 17.5 Å². The quantitative estimate of drug-likeness (QED) is 0.517. The molecule has 0 spiro atoms. The summed E-state index contributed by atoms with van der Waals surface area (Å²) in [4.78, 5) is 23.9. The lowest BCUT2D eigenvalue weighted by atomic mass is 10.1. The number of methoxy groups -OCH3 is 2. The zero-order chi connectivity index (χ0) is 19.6. The van der Waals surface area contributed by atoms with Gasteiger partial charge in [0.25, 0.3) is 0 Å². The molecule has 0 bridgehead atoms. The molecule has 27 heavy (non-hydrogen) atoms. The van der Waals surface area contributed by atoms with Crippen LogP contribution in [0.4, 0.5) is 0 Å². The topological polar surface area (TPSA) is 102 Å². The molecular formula is C19H23N3O5. The van der Waals surface area contributed by atoms with Gasteiger partial charge in [0.1, 0.15) is 5.76 Å². The molecule has 144 valence electrons. The highest BCUT2D eigenvalue weighted by atomic mass is 16.5. The van der Waals surface area contributed by atoms with Crippen LogP contribution in [0, 0.1) is 0 Å². The maximum atomic E-state index is 12.0. The van der Waals surface area contributed by atoms with Gasteiger partial charge < -0.3 is 19.2 Å². The minimum absolute atomic E-state index is 0.0807. The zero-order valence-corrected chi connectivity index (χ0v) is 15.6. The first-order valence-corrected chi connectivity index (χ1v) is 8.33. The second kappa shape index (κ2) is 10.0. The van der Waals surface area contributed by atoms with Crippen molar-refractivity contribution in [2.45, 2.75) is 26.3 Å². The Labute approximate surface area is 157 Å². The third-order valence-corrected chi connectivity index (χ3v) is 3.64. The van der Waals surface area contributed by atoms with E-state index in [1.807, 2.05) is 0 Å². The fourth-order valence-electron chi connectivity index (χ4n) is 2.31. The first-order valence-electron chi connectivity index (χ1n) is 8.33. The van der Waals surface area contributed by atoms with E-state index in [-0.39, 0.29) is 24.7 Å². The van der Waals surface area contributed by atoms with Crippen molar-refractivity contribution in [2.24, 2.45) is 5.10 Å². The number of carbonyl (C=O) groups is 2. The molecule has 0 fully saturated rings. The summed E-state index contributed by atoms with van der Waals surface area (Å²) in [5.41, 5.74) is 3.70. The van der Waals surface area contributed by atoms with Crippen LogP contribution in [0.25, 0.3) is 0 Å². The molecule has 0 aliphatic heterocycles. The predicted octanol–water partition coefficient (Wildman–Crippen LogP) is 2.04. The predicted molar refractivity (Wildman–Crippen MR) is 99.7 cm³/mol. The molecule has 8 heteroatoms. The maximum Gasteiger partial charge on any atom is 0.244 e. The van der Waals surface area contributed by atoms with Gasteiger partial charge in [0.05, 0.1) is 39.9 Å². The standard InChI is InChI=1S/C19H23N3O5/c1-13(9-18(23)20-12-15-5-4-8-27-15)21-22-19(24)11-14-6-7-16(25-2)17(10-14)26-3/h4-8,10H,9,11-12H2,1-3H3,(H,20,23)(H,22,24)/b21-13-. The Balaban J connectivity index is 1.80. The van der Waals surface area contributed by atoms with Gasteiger partial charge in [0.2, 0.25) is 11.8 Å². The van der Waals surface area contributed by atoms with Crippen LogP contribution in [0.5, 0.6) is 11.5 Å². The monoisotopic (exact) mass is 373 g/mol. The molecule has 0 aliphatic carbocycles. The number of ether oxygens (including phenoxy) is 2. The van der Waals surface area contributed by atoms with Crippen LogP contribution in [0.2, 0.25) is 0 Å². The second-order valence-electron chi connectivity index (χ2n) is 5.78. The molecule has 1 aromatic heterocycles. The lowest BCUT2D eigenvalue weighted by molar-refractivity contribution is -0.121. The molecule has 2 amide bonds. The van der Waals surface area contributed by atoms with Crippen LogP contribution in [0.3, 0.4) is 0 Å². The average molecular weight is 373 g/mol. The third-order valence-electron chi connectivity index (χ3n) is 3.64. The normalized spacial score (nSPS) is 11.0. The van der Waals surface area contributed by atoms with Crippen molar-refractivity contribution in [2.75, 3.05) is 14.2 Å². The number of hydrogen-bond acceptors (Lipinski definition) is 6. The largest absolute Gasteiger partial charge is 0.493 e. The Morgan fingerprint density at radius 3 is 2.56 bits per heavy atom. The number of carbonyl (C=O) groups excluding carboxylic acids is 2. The number of benzene rings is 1. The maximum absolute atomic E-state index is 12.0. The molecule has 0 saturated carbocycles. The van der Waals surface area contributed by atoms with E-state index < -0.39 is 0 Å². The van der Waals surface area contributed by atoms with E-state index in [1.165, 1.54) is 7.11 Å². The van der Waals surface area contributed by atoms with Gasteiger partial charge in [-0.2, -0.15) is 5.10 Å². The summed E-state index contributed by atoms with van der Waals surface area (Å²) in [6.45, 7) is 1.98. The van der Waals surface area contributed by atoms with Crippen molar-refractivity contribution in [1.82, 2.24) is 10.7 Å². The molecule has 0 atom stereocenters. The average Bonchev–Trinajstić information content (AvgIpc) is 3.18. The van der Waals surface area contributed by atoms with Gasteiger partial charge in [-0.1, -0.05) is 6.07 Å². The number of hydrogen-bond donors (Lipinski definition) is 2. The van der Waals surface area contributed by atoms with E-state index in [1.54, 1.807) is 50.6 Å². The minimum atomic E-state index is -0.294. The smallest absolute Gasteiger partial charge is 0.244 e. The number of rotatable bonds is 9. The van der Waals surface area contributed by atoms with Gasteiger partial charge in [-0.15, -0.1) is 0 Å². The summed E-state index contributed by atoms with van der Waals surface area (Å²) < 4.78 is 15.5. The van der Waals surface area contributed by atoms with Crippen molar-refractivity contribution in [3.05, 3.63) is 47.9 Å². The number of nitrogens with zero attached hydrogens (tertiary/aromatic N) is 1. The van der Waals surface area contributed by atoms with Gasteiger partial charge in [-0.05, 0) is 36.8 Å². The van der Waals surface area contributed by atoms with E-state index in [9.17, 15) is 9.59 Å². The summed E-state index contributed by atoms with van der Waals surface area (Å²) >= 11 is 0. The number of amides is 2. The van der Waals surface area contributed by atoms with Crippen molar-refractivity contribution in [3.63, 3.8) is 0 Å². The lowest BCUT2D eigenvalue weighted by Gasteiger charge is -2.09. The number of nitrogens with one attached hydrogen (secondary N) is 2. The molecule has 2 rings (SSSR count). The summed E-state index contributed by atoms with van der Waals surface area (Å²) in [7, 11) is 3.08. The molecule has 0 unspecified atom stereocenters. The summed E-state index contributed by atoms with van der Waals surface area (Å²) in [6, 6.07) is 8.77. The van der Waals surface area contributed by atoms with E-state index in [4.69, 9.17) is 13.9 Å². The highest BCUT2D eigenvalue weighted by Crippen LogP contribution is 2.27. The van der Waals surface area contributed by atoms with Crippen LogP contribution < -0.4 is 20.2 Å². The second-order valence-corrected chi connectivity index (χ2v) is 5.78. The fourth-order valence-corrected chi connectivity index (χ4v) is 2.31. The van der Waals surface area contributed by atoms with E-state index in [0.29, 0.717) is 29.5 Å². The van der Waals surface area contributed by atoms with Crippen molar-refractivity contribution in [3.8, 4) is 11.5 Å². The van der Waals surface area contributed by atoms with Gasteiger partial charge in [0, 0.05) is 5.71 Å². The molecule has 0 aliphatic rings. The van der Waals surface area contributed by atoms with Gasteiger partial charge in [-0.3, -0.25) is 9.59 Å². The Bertz CT molecular complexity index is 800. The minimum Gasteiger partial charge on any atom is -0.493 e. The summed E-state index contributed by atoms with van der Waals surface area (Å²) in [6.07, 6.45) is 1.75. The highest BCUT2D eigenvalue weighted by molar-refractivity contribution is 6.00. The Morgan fingerprint density at radius 2 is 1.89 bits per heavy atom. The third kappa shape index (κ3) is 6.50. The molecule has 2 aromatic rings. The van der Waals surface area contributed by atoms with E-state index in [2.05, 4.69) is 15.8 Å². The van der Waals surface area contributed by atoms with Crippen molar-refractivity contribution < 1.29 is 23.5 Å². The first-order chi connectivity index (χ1) is 13.0. The molecule has 1 heterocycles. The van der Waals surface area contributed by atoms with Crippen LogP contribution in [0.1, 0.15) is 24.7 Å². The van der Waals surface area contributed by atoms with E-state index in [0.717, 1.165) is 5.56 Å². The molecule has 0 saturated heterocycles. The van der Waals surface area contributed by atoms with Crippen molar-refractivity contribution in [1.29, 1.82) is 0 Å². The molecule has 2 N–H and O–H groups in total. The summed E-state index contributed by atoms with van der Waals surface area (Å²) in [5, 5.41) is 6.67. The highest BCUT2D eigenvalue weighted by Gasteiger charge is 2.09. The Hall–Kier alpha value is -3.29. The SMILES string of the molecule is COc1ccc(CC(=O)N/N=C(/C)CC(=O)NCc2ccco2)cc1OC. The Kier molecular flexibility index (Phi) is 7.42. The zero-order valence-electron chi connectivity index (χ0n) is 15.6. The molecule has 1 aromatic carbocycles. The van der Waals surface area contributed by atoms with Crippen LogP contribution in [0.15, 0.2) is 46.1 Å². The van der Waals surface area contributed by atoms with Gasteiger partial charge >= 0.3 is 0 Å². The van der Waals surface area contributed by atoms with Gasteiger partial charge in [-0.25, -0.2) is 5.43 Å². The van der Waals surface area contributed by atoms with Crippen LogP contribution in [-0.4, -0.2) is 31.7 Å². The molecule has 0 radical (unpaired) electrons. The molecular weight excluding hydrogens is 350 g/mol. The van der Waals surface area contributed by atoms with Crippen LogP contribution in [-0.2, 0) is 22.6 Å². The number of hydrazone groups is 1.